The molecule has 0 saturated carbocycles. The monoisotopic (exact) mass is 282 g/mol. The van der Waals surface area contributed by atoms with Crippen LogP contribution in [0.25, 0.3) is 0 Å². The second-order valence-corrected chi connectivity index (χ2v) is 7.00. The van der Waals surface area contributed by atoms with Crippen molar-refractivity contribution in [2.75, 3.05) is 13.1 Å². The van der Waals surface area contributed by atoms with Gasteiger partial charge in [0.2, 0.25) is 0 Å². The van der Waals surface area contributed by atoms with Crippen molar-refractivity contribution in [1.29, 1.82) is 0 Å². The number of unbranched alkanes of at least 4 members (excludes halogenated alkanes) is 4. The summed E-state index contributed by atoms with van der Waals surface area (Å²) in [6, 6.07) is 0.790. The molecule has 1 saturated heterocycles. The maximum absolute atomic E-state index is 6.20. The molecule has 2 atom stereocenters. The quantitative estimate of drug-likeness (QED) is 0.587. The SMILES string of the molecule is CCCCCCCC(C)(CN)N1CCCCC1CCC. The molecule has 1 aliphatic rings. The minimum atomic E-state index is 0.243. The average Bonchev–Trinajstić information content (AvgIpc) is 2.48. The van der Waals surface area contributed by atoms with Crippen molar-refractivity contribution in [2.45, 2.75) is 103 Å². The molecule has 0 bridgehead atoms. The van der Waals surface area contributed by atoms with Gasteiger partial charge >= 0.3 is 0 Å². The van der Waals surface area contributed by atoms with Crippen LogP contribution in [0.5, 0.6) is 0 Å². The van der Waals surface area contributed by atoms with E-state index < -0.39 is 0 Å². The molecule has 1 rings (SSSR count). The van der Waals surface area contributed by atoms with Gasteiger partial charge in [-0.25, -0.2) is 0 Å². The standard InChI is InChI=1S/C18H38N2/c1-4-6-7-8-10-14-18(3,16-19)20-15-11-9-13-17(20)12-5-2/h17H,4-16,19H2,1-3H3. The highest BCUT2D eigenvalue weighted by Crippen LogP contribution is 2.31. The summed E-state index contributed by atoms with van der Waals surface area (Å²) in [6.07, 6.45) is 15.0. The molecule has 2 unspecified atom stereocenters. The van der Waals surface area contributed by atoms with Crippen molar-refractivity contribution in [2.24, 2.45) is 5.73 Å². The zero-order valence-corrected chi connectivity index (χ0v) is 14.3. The molecule has 2 nitrogen and oxygen atoms in total. The van der Waals surface area contributed by atoms with E-state index in [1.54, 1.807) is 0 Å². The van der Waals surface area contributed by atoms with Crippen LogP contribution in [0, 0.1) is 0 Å². The molecule has 2 heteroatoms. The Balaban J connectivity index is 2.50. The van der Waals surface area contributed by atoms with Gasteiger partial charge in [0, 0.05) is 18.1 Å². The first-order chi connectivity index (χ1) is 9.68. The van der Waals surface area contributed by atoms with E-state index in [0.29, 0.717) is 0 Å². The summed E-state index contributed by atoms with van der Waals surface area (Å²) in [4.78, 5) is 2.78. The van der Waals surface area contributed by atoms with E-state index in [4.69, 9.17) is 5.73 Å². The number of hydrogen-bond acceptors (Lipinski definition) is 2. The molecule has 0 radical (unpaired) electrons. The van der Waals surface area contributed by atoms with Gasteiger partial charge in [-0.3, -0.25) is 4.90 Å². The fourth-order valence-electron chi connectivity index (χ4n) is 3.82. The van der Waals surface area contributed by atoms with Gasteiger partial charge in [-0.1, -0.05) is 58.8 Å². The van der Waals surface area contributed by atoms with Gasteiger partial charge in [0.25, 0.3) is 0 Å². The Morgan fingerprint density at radius 1 is 1.05 bits per heavy atom. The first kappa shape index (κ1) is 18.0. The summed E-state index contributed by atoms with van der Waals surface area (Å²) in [5.41, 5.74) is 6.44. The van der Waals surface area contributed by atoms with Crippen LogP contribution >= 0.6 is 0 Å². The Kier molecular flexibility index (Phi) is 8.79. The molecule has 1 fully saturated rings. The highest BCUT2D eigenvalue weighted by molar-refractivity contribution is 4.93. The van der Waals surface area contributed by atoms with Crippen molar-refractivity contribution in [3.05, 3.63) is 0 Å². The maximum Gasteiger partial charge on any atom is 0.0306 e. The molecular weight excluding hydrogens is 244 g/mol. The smallest absolute Gasteiger partial charge is 0.0306 e. The van der Waals surface area contributed by atoms with Gasteiger partial charge in [-0.2, -0.15) is 0 Å². The number of piperidine rings is 1. The third-order valence-corrected chi connectivity index (χ3v) is 5.20. The second kappa shape index (κ2) is 9.78. The van der Waals surface area contributed by atoms with E-state index in [9.17, 15) is 0 Å². The Bertz CT molecular complexity index is 240. The second-order valence-electron chi connectivity index (χ2n) is 7.00. The molecule has 0 aliphatic carbocycles. The third-order valence-electron chi connectivity index (χ3n) is 5.20. The van der Waals surface area contributed by atoms with E-state index in [-0.39, 0.29) is 5.54 Å². The van der Waals surface area contributed by atoms with E-state index in [1.807, 2.05) is 0 Å². The largest absolute Gasteiger partial charge is 0.329 e. The van der Waals surface area contributed by atoms with E-state index in [0.717, 1.165) is 12.6 Å². The number of hydrogen-bond donors (Lipinski definition) is 1. The number of nitrogens with zero attached hydrogens (tertiary/aromatic N) is 1. The molecule has 1 aliphatic heterocycles. The fourth-order valence-corrected chi connectivity index (χ4v) is 3.82. The van der Waals surface area contributed by atoms with Crippen LogP contribution in [0.3, 0.4) is 0 Å². The molecule has 0 aromatic rings. The average molecular weight is 283 g/mol. The van der Waals surface area contributed by atoms with Crippen molar-refractivity contribution >= 4 is 0 Å². The van der Waals surface area contributed by atoms with Gasteiger partial charge in [0.05, 0.1) is 0 Å². The number of likely N-dealkylation sites (tertiary alicyclic amines) is 1. The van der Waals surface area contributed by atoms with Gasteiger partial charge in [-0.15, -0.1) is 0 Å². The van der Waals surface area contributed by atoms with Crippen LogP contribution < -0.4 is 5.73 Å². The third kappa shape index (κ3) is 5.37. The lowest BCUT2D eigenvalue weighted by molar-refractivity contribution is 0.0220. The molecule has 2 N–H and O–H groups in total. The van der Waals surface area contributed by atoms with Crippen molar-refractivity contribution < 1.29 is 0 Å². The van der Waals surface area contributed by atoms with Crippen LogP contribution in [0.4, 0.5) is 0 Å². The number of nitrogens with two attached hydrogens (primary N) is 1. The fraction of sp³-hybridized carbons (Fsp3) is 1.00. The Morgan fingerprint density at radius 2 is 1.80 bits per heavy atom. The zero-order chi connectivity index (χ0) is 14.8. The Labute approximate surface area is 127 Å². The summed E-state index contributed by atoms with van der Waals surface area (Å²) in [5, 5.41) is 0. The first-order valence-electron chi connectivity index (χ1n) is 9.14. The topological polar surface area (TPSA) is 29.3 Å². The molecule has 1 heterocycles. The Morgan fingerprint density at radius 3 is 2.45 bits per heavy atom. The molecular formula is C18H38N2. The molecule has 0 aromatic heterocycles. The summed E-state index contributed by atoms with van der Waals surface area (Å²) >= 11 is 0. The molecule has 20 heavy (non-hydrogen) atoms. The normalized spacial score (nSPS) is 23.7. The highest BCUT2D eigenvalue weighted by Gasteiger charge is 2.35. The van der Waals surface area contributed by atoms with E-state index >= 15 is 0 Å². The van der Waals surface area contributed by atoms with Crippen LogP contribution in [0.1, 0.15) is 91.4 Å². The zero-order valence-electron chi connectivity index (χ0n) is 14.3. The van der Waals surface area contributed by atoms with Crippen molar-refractivity contribution in [3.8, 4) is 0 Å². The lowest BCUT2D eigenvalue weighted by Gasteiger charge is -2.48. The van der Waals surface area contributed by atoms with Gasteiger partial charge in [0.15, 0.2) is 0 Å². The lowest BCUT2D eigenvalue weighted by atomic mass is 9.86. The summed E-state index contributed by atoms with van der Waals surface area (Å²) in [7, 11) is 0. The maximum atomic E-state index is 6.20. The molecule has 0 spiro atoms. The predicted octanol–water partition coefficient (Wildman–Crippen LogP) is 4.72. The van der Waals surface area contributed by atoms with Gasteiger partial charge in [0.1, 0.15) is 0 Å². The van der Waals surface area contributed by atoms with Crippen LogP contribution in [0.15, 0.2) is 0 Å². The highest BCUT2D eigenvalue weighted by atomic mass is 15.2. The van der Waals surface area contributed by atoms with Gasteiger partial charge < -0.3 is 5.73 Å². The van der Waals surface area contributed by atoms with E-state index in [1.165, 1.54) is 77.2 Å². The van der Waals surface area contributed by atoms with Crippen LogP contribution in [-0.2, 0) is 0 Å². The Hall–Kier alpha value is -0.0800. The summed E-state index contributed by atoms with van der Waals surface area (Å²) < 4.78 is 0. The first-order valence-corrected chi connectivity index (χ1v) is 9.14. The van der Waals surface area contributed by atoms with Crippen LogP contribution in [0.2, 0.25) is 0 Å². The molecule has 0 amide bonds. The molecule has 120 valence electrons. The minimum absolute atomic E-state index is 0.243. The minimum Gasteiger partial charge on any atom is -0.329 e. The lowest BCUT2D eigenvalue weighted by Crippen LogP contribution is -2.57. The van der Waals surface area contributed by atoms with Crippen molar-refractivity contribution in [1.82, 2.24) is 4.90 Å². The molecule has 0 aromatic carbocycles. The van der Waals surface area contributed by atoms with Gasteiger partial charge in [-0.05, 0) is 39.2 Å². The van der Waals surface area contributed by atoms with E-state index in [2.05, 4.69) is 25.7 Å². The number of rotatable bonds is 10. The summed E-state index contributed by atoms with van der Waals surface area (Å²) in [5.74, 6) is 0. The van der Waals surface area contributed by atoms with Crippen LogP contribution in [-0.4, -0.2) is 29.6 Å². The predicted molar refractivity (Wildman–Crippen MR) is 90.1 cm³/mol. The van der Waals surface area contributed by atoms with Crippen molar-refractivity contribution in [3.63, 3.8) is 0 Å². The summed E-state index contributed by atoms with van der Waals surface area (Å²) in [6.45, 7) is 9.11.